The number of phosphoric acid groups is 1. The molecule has 0 aromatic rings. The third kappa shape index (κ3) is 73.7. The zero-order valence-electron chi connectivity index (χ0n) is 77.2. The van der Waals surface area contributed by atoms with E-state index < -0.39 is 45.7 Å². The molecule has 0 aromatic heterocycles. The van der Waals surface area contributed by atoms with Crippen LogP contribution in [0.25, 0.3) is 0 Å². The predicted octanol–water partition coefficient (Wildman–Crippen LogP) is 12.2. The molecule has 2 atom stereocenters. The third-order valence-electron chi connectivity index (χ3n) is 19.4. The van der Waals surface area contributed by atoms with Gasteiger partial charge in [0.05, 0.1) is 23.3 Å². The van der Waals surface area contributed by atoms with E-state index in [1.807, 2.05) is 132 Å². The van der Waals surface area contributed by atoms with Gasteiger partial charge in [-0.3, -0.25) is 61.6 Å². The van der Waals surface area contributed by atoms with Crippen molar-refractivity contribution in [3.63, 3.8) is 0 Å². The molecule has 0 saturated carbocycles. The average molecular weight is 1720 g/mol. The van der Waals surface area contributed by atoms with Crippen LogP contribution < -0.4 is 54.4 Å². The highest BCUT2D eigenvalue weighted by Gasteiger charge is 2.31. The van der Waals surface area contributed by atoms with Crippen LogP contribution in [0.4, 0.5) is 0 Å². The lowest BCUT2D eigenvalue weighted by molar-refractivity contribution is -0.155. The van der Waals surface area contributed by atoms with E-state index in [1.165, 1.54) is 0 Å². The lowest BCUT2D eigenvalue weighted by Crippen LogP contribution is -2.40. The Morgan fingerprint density at radius 2 is 0.603 bits per heavy atom. The van der Waals surface area contributed by atoms with Crippen molar-refractivity contribution in [3.05, 3.63) is 36.5 Å². The number of ketones is 2. The summed E-state index contributed by atoms with van der Waals surface area (Å²) in [7, 11) is -12.0. The van der Waals surface area contributed by atoms with Crippen LogP contribution in [0.1, 0.15) is 303 Å². The number of allylic oxidation sites excluding steroid dienone is 2. The Morgan fingerprint density at radius 3 is 0.836 bits per heavy atom. The van der Waals surface area contributed by atoms with E-state index in [1.54, 1.807) is 62.3 Å². The van der Waals surface area contributed by atoms with Gasteiger partial charge in [0.2, 0.25) is 41.4 Å². The highest BCUT2D eigenvalue weighted by Crippen LogP contribution is 2.43. The summed E-state index contributed by atoms with van der Waals surface area (Å²) in [4.78, 5) is 164. The van der Waals surface area contributed by atoms with Gasteiger partial charge in [0.1, 0.15) is 6.61 Å². The van der Waals surface area contributed by atoms with Crippen LogP contribution in [0.15, 0.2) is 36.5 Å². The Bertz CT molecular complexity index is 2860. The van der Waals surface area contributed by atoms with Crippen molar-refractivity contribution in [2.24, 2.45) is 55.1 Å². The van der Waals surface area contributed by atoms with Crippen LogP contribution in [0.3, 0.4) is 0 Å². The van der Waals surface area contributed by atoms with Gasteiger partial charge in [-0.1, -0.05) is 185 Å². The first-order valence-electron chi connectivity index (χ1n) is 40.8. The molecule has 0 aliphatic rings. The third-order valence-corrected chi connectivity index (χ3v) is 22.9. The number of ether oxygens (including phenoxy) is 1. The highest BCUT2D eigenvalue weighted by molar-refractivity contribution is 7.52. The number of carbonyl (C=O) groups is 10. The molecular formula is C82H169N10O21P3. The monoisotopic (exact) mass is 1720 g/mol. The molecule has 0 aliphatic heterocycles. The number of nitrogens with one attached hydrogen (secondary N) is 7. The molecule has 0 aliphatic carbocycles. The Hall–Kier alpha value is -5.39. The second-order valence-electron chi connectivity index (χ2n) is 32.8. The molecule has 7 amide bonds. The highest BCUT2D eigenvalue weighted by atomic mass is 31.2. The predicted molar refractivity (Wildman–Crippen MR) is 471 cm³/mol. The standard InChI is InChI=1S/C15H27NO2.C13H23NO2.C12H22N2O2.C10H22N2O.2C8H18N2O.C8H17O6P.2C4H11O3P/c1-6-15(4,5)14(18)16-11-9-7-8-10-13(17)12(2)3;1-6-13(4,5)12(16)14-9-7-8-11(15)10(2)3;1-6-12(4,5)11(16)14-8-7-13-10(15)9(2)3;1-4-10(2,3)9(13)12-8-6-5-7-11;2*1-4-8(2,3)7(11)10-6-5-9;1-4-8(2,3)7(9)13-5-6-14-15(10,11)12;2*1-3-4(2)8(5,6)7/h2,6-11H2,1,3-5H3,(H,16,18);2,6-9H2,1,3-5H3,(H,14,16);2,6-8H2,1,3-5H3,(H,13,15)(H,14,16);4-8,11H2,1-3H3,(H,12,13);2*4-6,9H2,1-3H3,(H,10,11);4-6H2,1-3H3,(H2,10,11,12);2*4H,3H2,1-2H3,(H2,5,6,7). The van der Waals surface area contributed by atoms with Crippen molar-refractivity contribution in [2.75, 3.05) is 78.7 Å². The molecule has 116 heavy (non-hydrogen) atoms. The molecule has 0 radical (unpaired) electrons. The molecule has 0 spiro atoms. The second kappa shape index (κ2) is 68.3. The number of esters is 1. The van der Waals surface area contributed by atoms with E-state index in [0.717, 1.165) is 77.2 Å². The molecule has 19 N–H and O–H groups in total. The minimum Gasteiger partial charge on any atom is -0.463 e. The maximum absolute atomic E-state index is 11.7. The van der Waals surface area contributed by atoms with Gasteiger partial charge in [-0.15, -0.1) is 0 Å². The first kappa shape index (κ1) is 129. The van der Waals surface area contributed by atoms with Crippen molar-refractivity contribution < 1.29 is 100 Å². The van der Waals surface area contributed by atoms with Crippen LogP contribution in [-0.2, 0) is 70.9 Å². The van der Waals surface area contributed by atoms with Crippen LogP contribution >= 0.6 is 23.0 Å². The van der Waals surface area contributed by atoms with Gasteiger partial charge >= 0.3 is 29.0 Å². The van der Waals surface area contributed by atoms with Crippen LogP contribution in [0.2, 0.25) is 0 Å². The molecule has 0 fully saturated rings. The van der Waals surface area contributed by atoms with Crippen molar-refractivity contribution in [1.29, 1.82) is 0 Å². The molecule has 34 heteroatoms. The van der Waals surface area contributed by atoms with E-state index in [2.05, 4.69) is 61.5 Å². The maximum Gasteiger partial charge on any atom is 0.469 e. The van der Waals surface area contributed by atoms with Crippen molar-refractivity contribution in [3.8, 4) is 0 Å². The Labute approximate surface area is 700 Å². The molecule has 31 nitrogen and oxygen atoms in total. The molecule has 688 valence electrons. The number of hydrogen-bond acceptors (Lipinski definition) is 18. The van der Waals surface area contributed by atoms with Crippen molar-refractivity contribution in [2.45, 2.75) is 314 Å². The maximum atomic E-state index is 11.7. The topological polar surface area (TPSA) is 524 Å². The van der Waals surface area contributed by atoms with E-state index >= 15 is 0 Å². The van der Waals surface area contributed by atoms with Crippen molar-refractivity contribution in [1.82, 2.24) is 37.2 Å². The molecule has 0 saturated heterocycles. The summed E-state index contributed by atoms with van der Waals surface area (Å²) in [5, 5.41) is 19.7. The van der Waals surface area contributed by atoms with Crippen LogP contribution in [0, 0.1) is 37.9 Å². The second-order valence-corrected chi connectivity index (χ2v) is 38.1. The van der Waals surface area contributed by atoms with E-state index in [4.69, 9.17) is 51.3 Å². The number of unbranched alkanes of at least 4 members (excludes halogenated alkanes) is 3. The molecule has 0 rings (SSSR count). The number of carbonyl (C=O) groups excluding carboxylic acids is 10. The summed E-state index contributed by atoms with van der Waals surface area (Å²) in [5.74, 6) is 0.141. The zero-order valence-corrected chi connectivity index (χ0v) is 79.8. The summed E-state index contributed by atoms with van der Waals surface area (Å²) >= 11 is 0. The van der Waals surface area contributed by atoms with Gasteiger partial charge in [0.25, 0.3) is 0 Å². The van der Waals surface area contributed by atoms with Gasteiger partial charge in [-0.05, 0) is 142 Å². The van der Waals surface area contributed by atoms with Crippen LogP contribution in [0.5, 0.6) is 0 Å². The van der Waals surface area contributed by atoms with Gasteiger partial charge in [-0.2, -0.15) is 0 Å². The van der Waals surface area contributed by atoms with E-state index in [0.29, 0.717) is 114 Å². The smallest absolute Gasteiger partial charge is 0.463 e. The SMILES string of the molecule is C=C(C)C(=O)CCCCCNC(=O)C(C)(C)CC.C=C(C)C(=O)CCCNC(=O)C(C)(C)CC.C=C(C)C(=O)NCCNC(=O)C(C)(C)CC.CCC(C)(C)C(=O)NCCCCN.CCC(C)(C)C(=O)NCCN.CCC(C)(C)C(=O)NCCN.CCC(C)(C)C(=O)OCCOP(=O)(O)O.CCC(C)P(=O)(O)O.CCC(C)P(=O)(O)O. The number of Topliss-reactive ketones (excluding diaryl/α,β-unsaturated/α-hetero) is 2. The van der Waals surface area contributed by atoms with E-state index in [-0.39, 0.29) is 98.6 Å². The van der Waals surface area contributed by atoms with Gasteiger partial charge in [-0.25, -0.2) is 4.57 Å². The molecule has 0 heterocycles. The lowest BCUT2D eigenvalue weighted by atomic mass is 9.89. The fourth-order valence-electron chi connectivity index (χ4n) is 6.52. The number of phosphoric ester groups is 1. The lowest BCUT2D eigenvalue weighted by Gasteiger charge is -2.21. The summed E-state index contributed by atoms with van der Waals surface area (Å²) in [6, 6.07) is 0. The first-order chi connectivity index (χ1) is 52.7. The number of hydrogen-bond donors (Lipinski definition) is 16. The summed E-state index contributed by atoms with van der Waals surface area (Å²) in [6.07, 6.45) is 13.1. The fourth-order valence-corrected chi connectivity index (χ4v) is 7.78. The van der Waals surface area contributed by atoms with Crippen molar-refractivity contribution >= 4 is 81.9 Å². The number of amides is 7. The minimum absolute atomic E-state index is 0.0135. The molecular weight excluding hydrogens is 1550 g/mol. The number of nitrogens with two attached hydrogens (primary N) is 3. The van der Waals surface area contributed by atoms with Gasteiger partial charge < -0.3 is 88.5 Å². The summed E-state index contributed by atoms with van der Waals surface area (Å²) in [5.41, 5.74) is 14.3. The van der Waals surface area contributed by atoms with Crippen LogP contribution in [-0.4, -0.2) is 178 Å². The fraction of sp³-hybridized carbons (Fsp3) is 0.805. The molecule has 2 unspecified atom stereocenters. The minimum atomic E-state index is -4.46. The zero-order chi connectivity index (χ0) is 93.5. The molecule has 0 bridgehead atoms. The normalized spacial score (nSPS) is 12.0. The summed E-state index contributed by atoms with van der Waals surface area (Å²) < 4.78 is 39.7. The first-order valence-corrected chi connectivity index (χ1v) is 45.7. The van der Waals surface area contributed by atoms with Gasteiger partial charge in [0.15, 0.2) is 11.6 Å². The Kier molecular flexibility index (Phi) is 75.8. The number of rotatable bonds is 46. The Morgan fingerprint density at radius 1 is 0.345 bits per heavy atom. The molecule has 0 aromatic carbocycles. The quantitative estimate of drug-likeness (QED) is 0.0116. The van der Waals surface area contributed by atoms with E-state index in [9.17, 15) is 61.6 Å². The average Bonchev–Trinajstić information content (AvgIpc) is 0.904. The largest absolute Gasteiger partial charge is 0.469 e. The summed E-state index contributed by atoms with van der Waals surface area (Å²) in [6.45, 7) is 68.2. The Balaban J connectivity index is -0.000000160. The van der Waals surface area contributed by atoms with Gasteiger partial charge in [0, 0.05) is 110 Å².